The zero-order valence-electron chi connectivity index (χ0n) is 17.9. The molecule has 0 aliphatic carbocycles. The number of carbonyl (C=O) groups excluding carboxylic acids is 1. The zero-order chi connectivity index (χ0) is 23.7. The summed E-state index contributed by atoms with van der Waals surface area (Å²) < 4.78 is 40.7. The van der Waals surface area contributed by atoms with Crippen LogP contribution in [0.1, 0.15) is 27.9 Å². The van der Waals surface area contributed by atoms with Crippen LogP contribution in [0.25, 0.3) is 22.5 Å². The van der Waals surface area contributed by atoms with E-state index < -0.39 is 17.6 Å². The Balaban J connectivity index is 1.44. The summed E-state index contributed by atoms with van der Waals surface area (Å²) in [5, 5.41) is 10.5. The average Bonchev–Trinajstić information content (AvgIpc) is 3.29. The molecule has 2 aromatic heterocycles. The van der Waals surface area contributed by atoms with E-state index in [1.165, 1.54) is 17.7 Å². The number of nitrogens with one attached hydrogen (secondary N) is 2. The van der Waals surface area contributed by atoms with Crippen LogP contribution in [0.4, 0.5) is 18.9 Å². The highest BCUT2D eigenvalue weighted by atomic mass is 19.4. The minimum absolute atomic E-state index is 0.0708. The lowest BCUT2D eigenvalue weighted by atomic mass is 10.0. The van der Waals surface area contributed by atoms with Crippen molar-refractivity contribution in [1.82, 2.24) is 19.9 Å². The number of alkyl halides is 3. The number of nitrogens with zero attached hydrogens (tertiary/aromatic N) is 3. The summed E-state index contributed by atoms with van der Waals surface area (Å²) in [7, 11) is 0. The van der Waals surface area contributed by atoms with Crippen molar-refractivity contribution < 1.29 is 18.0 Å². The lowest BCUT2D eigenvalue weighted by Crippen LogP contribution is -2.20. The summed E-state index contributed by atoms with van der Waals surface area (Å²) in [6, 6.07) is 13.2. The molecule has 0 fully saturated rings. The highest BCUT2D eigenvalue weighted by molar-refractivity contribution is 6.04. The van der Waals surface area contributed by atoms with Crippen LogP contribution in [0.15, 0.2) is 73.1 Å². The van der Waals surface area contributed by atoms with Crippen molar-refractivity contribution in [3.8, 4) is 11.3 Å². The van der Waals surface area contributed by atoms with E-state index in [4.69, 9.17) is 0 Å². The van der Waals surface area contributed by atoms with E-state index in [1.807, 2.05) is 18.3 Å². The Kier molecular flexibility index (Phi) is 5.62. The van der Waals surface area contributed by atoms with Crippen molar-refractivity contribution in [3.05, 3.63) is 89.8 Å². The molecule has 3 heterocycles. The Morgan fingerprint density at radius 2 is 1.94 bits per heavy atom. The second-order valence-corrected chi connectivity index (χ2v) is 7.92. The SMILES string of the molecule is O=C(Nc1cccc(-c2ccnc3c(C4=CCNCC4)cnn23)c1)c1cccc(C(F)(F)F)c1. The van der Waals surface area contributed by atoms with Crippen molar-refractivity contribution in [3.63, 3.8) is 0 Å². The Labute approximate surface area is 193 Å². The van der Waals surface area contributed by atoms with Crippen LogP contribution >= 0.6 is 0 Å². The number of amides is 1. The van der Waals surface area contributed by atoms with Crippen molar-refractivity contribution in [2.75, 3.05) is 18.4 Å². The minimum Gasteiger partial charge on any atom is -0.322 e. The van der Waals surface area contributed by atoms with E-state index in [1.54, 1.807) is 28.9 Å². The van der Waals surface area contributed by atoms with E-state index in [0.717, 1.165) is 54.1 Å². The first-order valence-corrected chi connectivity index (χ1v) is 10.7. The number of carbonyl (C=O) groups is 1. The molecule has 34 heavy (non-hydrogen) atoms. The van der Waals surface area contributed by atoms with Gasteiger partial charge in [0, 0.05) is 35.1 Å². The Morgan fingerprint density at radius 1 is 1.09 bits per heavy atom. The normalized spacial score (nSPS) is 14.1. The predicted molar refractivity (Wildman–Crippen MR) is 123 cm³/mol. The summed E-state index contributed by atoms with van der Waals surface area (Å²) in [5.74, 6) is -0.623. The summed E-state index contributed by atoms with van der Waals surface area (Å²) >= 11 is 0. The highest BCUT2D eigenvalue weighted by Crippen LogP contribution is 2.30. The fraction of sp³-hybridized carbons (Fsp3) is 0.160. The maximum Gasteiger partial charge on any atom is 0.416 e. The molecule has 2 aromatic carbocycles. The lowest BCUT2D eigenvalue weighted by molar-refractivity contribution is -0.137. The zero-order valence-corrected chi connectivity index (χ0v) is 17.9. The molecule has 1 amide bonds. The van der Waals surface area contributed by atoms with Gasteiger partial charge < -0.3 is 10.6 Å². The molecular formula is C25H20F3N5O. The van der Waals surface area contributed by atoms with Gasteiger partial charge in [0.1, 0.15) is 0 Å². The minimum atomic E-state index is -4.52. The van der Waals surface area contributed by atoms with E-state index in [9.17, 15) is 18.0 Å². The van der Waals surface area contributed by atoms with Gasteiger partial charge in [0.05, 0.1) is 17.5 Å². The largest absolute Gasteiger partial charge is 0.416 e. The second kappa shape index (κ2) is 8.75. The van der Waals surface area contributed by atoms with Gasteiger partial charge in [0.25, 0.3) is 5.91 Å². The maximum atomic E-state index is 13.0. The van der Waals surface area contributed by atoms with E-state index in [0.29, 0.717) is 5.69 Å². The molecular weight excluding hydrogens is 443 g/mol. The third-order valence-electron chi connectivity index (χ3n) is 5.68. The van der Waals surface area contributed by atoms with Crippen LogP contribution in [0.3, 0.4) is 0 Å². The fourth-order valence-electron chi connectivity index (χ4n) is 4.00. The first-order valence-electron chi connectivity index (χ1n) is 10.7. The number of benzene rings is 2. The van der Waals surface area contributed by atoms with Crippen LogP contribution in [-0.4, -0.2) is 33.6 Å². The van der Waals surface area contributed by atoms with Gasteiger partial charge in [0.15, 0.2) is 5.65 Å². The van der Waals surface area contributed by atoms with Crippen LogP contribution in [-0.2, 0) is 6.18 Å². The number of hydrogen-bond acceptors (Lipinski definition) is 4. The van der Waals surface area contributed by atoms with Crippen LogP contribution in [0.5, 0.6) is 0 Å². The second-order valence-electron chi connectivity index (χ2n) is 7.92. The van der Waals surface area contributed by atoms with Gasteiger partial charge in [-0.1, -0.05) is 24.3 Å². The van der Waals surface area contributed by atoms with Gasteiger partial charge in [-0.25, -0.2) is 9.50 Å². The topological polar surface area (TPSA) is 71.3 Å². The molecule has 0 saturated carbocycles. The van der Waals surface area contributed by atoms with Gasteiger partial charge in [-0.15, -0.1) is 0 Å². The van der Waals surface area contributed by atoms with Gasteiger partial charge in [-0.2, -0.15) is 18.3 Å². The Bertz CT molecular complexity index is 1410. The third kappa shape index (κ3) is 4.29. The Morgan fingerprint density at radius 3 is 2.74 bits per heavy atom. The third-order valence-corrected chi connectivity index (χ3v) is 5.68. The van der Waals surface area contributed by atoms with Crippen molar-refractivity contribution in [2.24, 2.45) is 0 Å². The number of fused-ring (bicyclic) bond motifs is 1. The predicted octanol–water partition coefficient (Wildman–Crippen LogP) is 5.04. The smallest absolute Gasteiger partial charge is 0.322 e. The molecule has 0 unspecified atom stereocenters. The molecule has 4 aromatic rings. The lowest BCUT2D eigenvalue weighted by Gasteiger charge is -2.13. The van der Waals surface area contributed by atoms with Crippen LogP contribution < -0.4 is 10.6 Å². The molecule has 0 saturated heterocycles. The number of anilines is 1. The first-order chi connectivity index (χ1) is 16.4. The standard InChI is InChI=1S/C25H20F3N5O/c26-25(27,28)19-5-1-4-18(13-19)24(34)32-20-6-2-3-17(14-20)22-9-12-30-23-21(15-31-33(22)23)16-7-10-29-11-8-16/h1-7,9,12-15,29H,8,10-11H2,(H,32,34). The molecule has 0 radical (unpaired) electrons. The highest BCUT2D eigenvalue weighted by Gasteiger charge is 2.30. The van der Waals surface area contributed by atoms with E-state index in [2.05, 4.69) is 26.8 Å². The summed E-state index contributed by atoms with van der Waals surface area (Å²) in [4.78, 5) is 17.1. The molecule has 0 bridgehead atoms. The molecule has 0 spiro atoms. The van der Waals surface area contributed by atoms with Gasteiger partial charge >= 0.3 is 6.18 Å². The molecule has 1 aliphatic heterocycles. The van der Waals surface area contributed by atoms with Crippen LogP contribution in [0.2, 0.25) is 0 Å². The molecule has 0 atom stereocenters. The average molecular weight is 463 g/mol. The Hall–Kier alpha value is -3.98. The summed E-state index contributed by atoms with van der Waals surface area (Å²) in [5.41, 5.74) is 3.99. The number of halogens is 3. The summed E-state index contributed by atoms with van der Waals surface area (Å²) in [6.45, 7) is 1.70. The number of rotatable bonds is 4. The van der Waals surface area contributed by atoms with E-state index >= 15 is 0 Å². The number of aromatic nitrogens is 3. The molecule has 1 aliphatic rings. The fourth-order valence-corrected chi connectivity index (χ4v) is 4.00. The van der Waals surface area contributed by atoms with Crippen molar-refractivity contribution in [2.45, 2.75) is 12.6 Å². The molecule has 6 nitrogen and oxygen atoms in total. The molecule has 2 N–H and O–H groups in total. The first kappa shape index (κ1) is 21.8. The van der Waals surface area contributed by atoms with Crippen LogP contribution in [0, 0.1) is 0 Å². The molecule has 9 heteroatoms. The van der Waals surface area contributed by atoms with E-state index in [-0.39, 0.29) is 5.56 Å². The number of hydrogen-bond donors (Lipinski definition) is 2. The van der Waals surface area contributed by atoms with Gasteiger partial charge in [-0.3, -0.25) is 4.79 Å². The summed E-state index contributed by atoms with van der Waals surface area (Å²) in [6.07, 6.45) is 2.03. The monoisotopic (exact) mass is 463 g/mol. The van der Waals surface area contributed by atoms with Gasteiger partial charge in [-0.05, 0) is 54.9 Å². The van der Waals surface area contributed by atoms with Crippen molar-refractivity contribution in [1.29, 1.82) is 0 Å². The molecule has 5 rings (SSSR count). The maximum absolute atomic E-state index is 13.0. The van der Waals surface area contributed by atoms with Gasteiger partial charge in [0.2, 0.25) is 0 Å². The molecule has 172 valence electrons. The van der Waals surface area contributed by atoms with Crippen molar-refractivity contribution >= 4 is 22.8 Å². The quantitative estimate of drug-likeness (QED) is 0.445.